The first kappa shape index (κ1) is 16.7. The number of aliphatic hydroxyl groups excluding tert-OH is 2. The van der Waals surface area contributed by atoms with Gasteiger partial charge in [0.2, 0.25) is 5.95 Å². The number of hydrogen-bond donors (Lipinski definition) is 5. The van der Waals surface area contributed by atoms with E-state index < -0.39 is 42.0 Å². The van der Waals surface area contributed by atoms with E-state index in [2.05, 4.69) is 21.3 Å². The number of H-pyrrole nitrogens is 1. The Labute approximate surface area is 139 Å². The third kappa shape index (κ3) is 2.26. The number of nitrogens with zero attached hydrogens (tertiary/aromatic N) is 2. The molecule has 1 aliphatic rings. The first-order chi connectivity index (χ1) is 11.3. The van der Waals surface area contributed by atoms with Crippen molar-refractivity contribution in [1.82, 2.24) is 14.5 Å². The Hall–Kier alpha value is -2.16. The van der Waals surface area contributed by atoms with Crippen LogP contribution in [0.1, 0.15) is 6.23 Å². The number of rotatable bonds is 2. The number of nitrogens with one attached hydrogen (secondary N) is 1. The van der Waals surface area contributed by atoms with Crippen molar-refractivity contribution in [1.29, 1.82) is 0 Å². The molecule has 1 aliphatic heterocycles. The molecule has 9 nitrogen and oxygen atoms in total. The van der Waals surface area contributed by atoms with Gasteiger partial charge in [0.15, 0.2) is 23.2 Å². The average Bonchev–Trinajstić information content (AvgIpc) is 2.96. The maximum atomic E-state index is 14.2. The highest BCUT2D eigenvalue weighted by molar-refractivity contribution is 6.30. The number of nitrogens with two attached hydrogens (primary N) is 2. The number of aromatic amines is 1. The number of aromatic nitrogens is 3. The molecule has 0 aromatic carbocycles. The van der Waals surface area contributed by atoms with E-state index in [4.69, 9.17) is 27.8 Å². The first-order valence-corrected chi connectivity index (χ1v) is 7.13. The Balaban J connectivity index is 2.26. The monoisotopic (exact) mass is 357 g/mol. The molecule has 2 aromatic rings. The summed E-state index contributed by atoms with van der Waals surface area (Å²) >= 11 is 5.41. The molecule has 1 unspecified atom stereocenters. The molecule has 0 aliphatic carbocycles. The van der Waals surface area contributed by atoms with Crippen LogP contribution in [0.2, 0.25) is 0 Å². The molecular weight excluding hydrogens is 345 g/mol. The van der Waals surface area contributed by atoms with E-state index in [-0.39, 0.29) is 17.0 Å². The smallest absolute Gasteiger partial charge is 0.264 e. The number of ether oxygens (including phenoxy) is 1. The summed E-state index contributed by atoms with van der Waals surface area (Å²) in [5.74, 6) is 1.28. The number of fused-ring (bicyclic) bond motifs is 1. The van der Waals surface area contributed by atoms with Gasteiger partial charge in [-0.2, -0.15) is 4.98 Å². The molecular formula is C13H13ClFN5O4. The van der Waals surface area contributed by atoms with Crippen molar-refractivity contribution in [3.63, 3.8) is 0 Å². The summed E-state index contributed by atoms with van der Waals surface area (Å²) in [6.45, 7) is -0.557. The number of hydrogen-bond acceptors (Lipinski definition) is 7. The summed E-state index contributed by atoms with van der Waals surface area (Å²) in [5.41, 5.74) is 8.90. The number of nitrogen functional groups attached to an aromatic ring is 1. The van der Waals surface area contributed by atoms with Crippen LogP contribution in [0.3, 0.4) is 0 Å². The summed E-state index contributed by atoms with van der Waals surface area (Å²) in [7, 11) is 0. The third-order valence-electron chi connectivity index (χ3n) is 3.90. The molecule has 0 bridgehead atoms. The van der Waals surface area contributed by atoms with E-state index in [1.54, 1.807) is 0 Å². The van der Waals surface area contributed by atoms with Crippen molar-refractivity contribution >= 4 is 28.6 Å². The standard InChI is InChI=1S/C13H13ClFN5O4/c14-2-1-13(17)8(22)6(4-21)24-11(13)20-3-5(15)7-9(20)18-12(16)19-10(7)23/h3,6,8,11,21-22H,4,17H2,(H3,16,18,19,23)/t6-,8+,11-,13?/m1/s1. The maximum absolute atomic E-state index is 14.2. The zero-order valence-electron chi connectivity index (χ0n) is 12.0. The molecule has 3 rings (SSSR count). The second kappa shape index (κ2) is 5.73. The Morgan fingerprint density at radius 1 is 1.62 bits per heavy atom. The molecule has 0 spiro atoms. The molecule has 11 heteroatoms. The van der Waals surface area contributed by atoms with Crippen LogP contribution in [-0.4, -0.2) is 49.1 Å². The van der Waals surface area contributed by atoms with Gasteiger partial charge in [0.25, 0.3) is 5.56 Å². The number of aliphatic hydroxyl groups is 2. The Bertz CT molecular complexity index is 919. The summed E-state index contributed by atoms with van der Waals surface area (Å²) < 4.78 is 20.8. The van der Waals surface area contributed by atoms with Gasteiger partial charge in [0.05, 0.1) is 6.61 Å². The maximum Gasteiger partial charge on any atom is 0.264 e. The van der Waals surface area contributed by atoms with E-state index in [1.807, 2.05) is 0 Å². The number of anilines is 1. The van der Waals surface area contributed by atoms with E-state index in [9.17, 15) is 19.4 Å². The largest absolute Gasteiger partial charge is 0.394 e. The summed E-state index contributed by atoms with van der Waals surface area (Å²) in [6, 6.07) is 0. The molecule has 1 saturated heterocycles. The predicted molar refractivity (Wildman–Crippen MR) is 82.3 cm³/mol. The van der Waals surface area contributed by atoms with Crippen LogP contribution in [0.25, 0.3) is 11.0 Å². The van der Waals surface area contributed by atoms with E-state index in [0.717, 1.165) is 10.8 Å². The minimum absolute atomic E-state index is 0.143. The summed E-state index contributed by atoms with van der Waals surface area (Å²) in [4.78, 5) is 17.9. The zero-order chi connectivity index (χ0) is 17.6. The minimum Gasteiger partial charge on any atom is -0.394 e. The lowest BCUT2D eigenvalue weighted by atomic mass is 9.92. The lowest BCUT2D eigenvalue weighted by Gasteiger charge is -2.27. The lowest BCUT2D eigenvalue weighted by Crippen LogP contribution is -2.53. The third-order valence-corrected chi connectivity index (χ3v) is 4.00. The van der Waals surface area contributed by atoms with Gasteiger partial charge in [-0.1, -0.05) is 5.92 Å². The topological polar surface area (TPSA) is 152 Å². The van der Waals surface area contributed by atoms with Gasteiger partial charge in [-0.3, -0.25) is 14.3 Å². The highest BCUT2D eigenvalue weighted by atomic mass is 35.5. The van der Waals surface area contributed by atoms with Crippen LogP contribution in [0, 0.1) is 17.1 Å². The first-order valence-electron chi connectivity index (χ1n) is 6.75. The van der Waals surface area contributed by atoms with Crippen molar-refractivity contribution in [3.8, 4) is 11.3 Å². The summed E-state index contributed by atoms with van der Waals surface area (Å²) in [5, 5.41) is 21.3. The Morgan fingerprint density at radius 3 is 2.96 bits per heavy atom. The van der Waals surface area contributed by atoms with Gasteiger partial charge in [-0.15, -0.1) is 0 Å². The van der Waals surface area contributed by atoms with Crippen molar-refractivity contribution in [2.45, 2.75) is 24.0 Å². The van der Waals surface area contributed by atoms with Crippen molar-refractivity contribution in [2.75, 3.05) is 12.3 Å². The molecule has 0 saturated carbocycles. The fraction of sp³-hybridized carbons (Fsp3) is 0.385. The predicted octanol–water partition coefficient (Wildman–Crippen LogP) is -1.41. The molecule has 4 atom stereocenters. The fourth-order valence-corrected chi connectivity index (χ4v) is 2.93. The van der Waals surface area contributed by atoms with E-state index in [1.165, 1.54) is 0 Å². The molecule has 1 fully saturated rings. The molecule has 128 valence electrons. The van der Waals surface area contributed by atoms with Crippen LogP contribution >= 0.6 is 11.6 Å². The molecule has 3 heterocycles. The van der Waals surface area contributed by atoms with E-state index in [0.29, 0.717) is 0 Å². The van der Waals surface area contributed by atoms with Crippen LogP contribution in [-0.2, 0) is 4.74 Å². The second-order valence-electron chi connectivity index (χ2n) is 5.34. The second-order valence-corrected chi connectivity index (χ2v) is 5.53. The van der Waals surface area contributed by atoms with Crippen LogP contribution in [0.5, 0.6) is 0 Å². The van der Waals surface area contributed by atoms with Crippen molar-refractivity contribution < 1.29 is 19.3 Å². The van der Waals surface area contributed by atoms with Gasteiger partial charge < -0.3 is 26.4 Å². The molecule has 24 heavy (non-hydrogen) atoms. The van der Waals surface area contributed by atoms with Crippen LogP contribution in [0.15, 0.2) is 11.0 Å². The Kier molecular flexibility index (Phi) is 3.98. The normalized spacial score (nSPS) is 29.6. The van der Waals surface area contributed by atoms with Gasteiger partial charge >= 0.3 is 0 Å². The fourth-order valence-electron chi connectivity index (χ4n) is 2.77. The van der Waals surface area contributed by atoms with Gasteiger partial charge in [0.1, 0.15) is 17.6 Å². The summed E-state index contributed by atoms with van der Waals surface area (Å²) in [6.07, 6.45) is -2.84. The molecule has 0 radical (unpaired) electrons. The van der Waals surface area contributed by atoms with Gasteiger partial charge in [-0.05, 0) is 11.6 Å². The SMILES string of the molecule is Nc1nc2c(c(F)cn2[C@@H]2O[C@H](CO)[C@H](O)C2(N)C#CCl)c(=O)[nH]1. The molecule has 2 aromatic heterocycles. The Morgan fingerprint density at radius 2 is 2.33 bits per heavy atom. The van der Waals surface area contributed by atoms with Crippen molar-refractivity contribution in [3.05, 3.63) is 22.4 Å². The highest BCUT2D eigenvalue weighted by Crippen LogP contribution is 2.38. The highest BCUT2D eigenvalue weighted by Gasteiger charge is 2.54. The van der Waals surface area contributed by atoms with E-state index >= 15 is 0 Å². The minimum atomic E-state index is -1.77. The van der Waals surface area contributed by atoms with Gasteiger partial charge in [0, 0.05) is 11.6 Å². The number of halogens is 2. The lowest BCUT2D eigenvalue weighted by molar-refractivity contribution is -0.0446. The van der Waals surface area contributed by atoms with Crippen LogP contribution in [0.4, 0.5) is 10.3 Å². The zero-order valence-corrected chi connectivity index (χ0v) is 12.8. The molecule has 0 amide bonds. The average molecular weight is 358 g/mol. The van der Waals surface area contributed by atoms with Crippen LogP contribution < -0.4 is 17.0 Å². The molecule has 7 N–H and O–H groups in total. The quantitative estimate of drug-likeness (QED) is 0.414. The van der Waals surface area contributed by atoms with Gasteiger partial charge in [-0.25, -0.2) is 4.39 Å². The van der Waals surface area contributed by atoms with Crippen molar-refractivity contribution in [2.24, 2.45) is 5.73 Å².